The van der Waals surface area contributed by atoms with Gasteiger partial charge in [-0.3, -0.25) is 9.13 Å². The minimum Gasteiger partial charge on any atom is -0.311 e. The maximum absolute atomic E-state index is 14.2. The van der Waals surface area contributed by atoms with Crippen LogP contribution in [0.4, 0.5) is 34.1 Å². The highest BCUT2D eigenvalue weighted by Gasteiger charge is 2.17. The zero-order valence-corrected chi connectivity index (χ0v) is 37.3. The molecule has 10 aromatic carbocycles. The lowest BCUT2D eigenvalue weighted by Crippen LogP contribution is -2.21. The molecule has 0 radical (unpaired) electrons. The first kappa shape index (κ1) is 41.5. The van der Waals surface area contributed by atoms with Crippen LogP contribution in [0.25, 0.3) is 55.9 Å². The first-order chi connectivity index (χ1) is 33.6. The van der Waals surface area contributed by atoms with Gasteiger partial charge >= 0.3 is 5.69 Å². The quantitative estimate of drug-likeness (QED) is 0.123. The zero-order valence-electron chi connectivity index (χ0n) is 37.3. The Balaban J connectivity index is 0.884. The van der Waals surface area contributed by atoms with Crippen LogP contribution in [-0.2, 0) is 0 Å². The summed E-state index contributed by atoms with van der Waals surface area (Å²) in [6.45, 7) is 0. The number of imidazole rings is 1. The monoisotopic (exact) mass is 874 g/mol. The lowest BCUT2D eigenvalue weighted by Gasteiger charge is -2.26. The fraction of sp³-hybridized carbons (Fsp3) is 0. The highest BCUT2D eigenvalue weighted by molar-refractivity contribution is 5.82. The van der Waals surface area contributed by atoms with Gasteiger partial charge in [0.25, 0.3) is 0 Å². The summed E-state index contributed by atoms with van der Waals surface area (Å²) in [5.74, 6) is 0. The number of nitrogens with zero attached hydrogens (tertiary/aromatic N) is 4. The standard InChI is InChI=1S/C63H46N4O/c68-63-64(55-37-41-61(42-38-55)66(57-29-21-51(22-30-57)47-13-5-1-6-14-47)58-31-23-52(24-32-58)48-15-7-2-8-16-48)45-46-65(63)56-39-43-62(44-40-56)67(59-33-25-53(26-34-59)49-17-9-3-10-18-49)60-35-27-54(28-36-60)50-19-11-4-12-20-50/h1-46H. The second-order valence-electron chi connectivity index (χ2n) is 16.7. The predicted molar refractivity (Wildman–Crippen MR) is 282 cm³/mol. The molecule has 0 N–H and O–H groups in total. The van der Waals surface area contributed by atoms with Crippen LogP contribution in [0, 0.1) is 0 Å². The molecule has 0 fully saturated rings. The maximum atomic E-state index is 14.2. The number of hydrogen-bond donors (Lipinski definition) is 0. The molecule has 1 aromatic heterocycles. The summed E-state index contributed by atoms with van der Waals surface area (Å²) in [6.07, 6.45) is 3.67. The van der Waals surface area contributed by atoms with E-state index in [0.29, 0.717) is 0 Å². The van der Waals surface area contributed by atoms with Gasteiger partial charge in [0.05, 0.1) is 11.4 Å². The number of aromatic nitrogens is 2. The molecular weight excluding hydrogens is 829 g/mol. The van der Waals surface area contributed by atoms with E-state index < -0.39 is 0 Å². The minimum absolute atomic E-state index is 0.153. The largest absolute Gasteiger partial charge is 0.337 e. The van der Waals surface area contributed by atoms with Crippen molar-refractivity contribution in [1.82, 2.24) is 9.13 Å². The van der Waals surface area contributed by atoms with Crippen LogP contribution in [0.2, 0.25) is 0 Å². The van der Waals surface area contributed by atoms with Crippen LogP contribution in [0.1, 0.15) is 0 Å². The fourth-order valence-corrected chi connectivity index (χ4v) is 8.92. The molecule has 11 aromatic rings. The Bertz CT molecular complexity index is 3040. The molecule has 11 rings (SSSR count). The van der Waals surface area contributed by atoms with Crippen LogP contribution in [0.15, 0.2) is 284 Å². The number of hydrogen-bond acceptors (Lipinski definition) is 3. The molecule has 0 spiro atoms. The van der Waals surface area contributed by atoms with Crippen LogP contribution >= 0.6 is 0 Å². The number of benzene rings is 10. The summed E-state index contributed by atoms with van der Waals surface area (Å²) in [5.41, 5.74) is 16.8. The third kappa shape index (κ3) is 8.56. The van der Waals surface area contributed by atoms with E-state index in [1.165, 1.54) is 22.3 Å². The average molecular weight is 875 g/mol. The highest BCUT2D eigenvalue weighted by Crippen LogP contribution is 2.39. The maximum Gasteiger partial charge on any atom is 0.337 e. The molecule has 0 aliphatic rings. The molecule has 0 saturated carbocycles. The third-order valence-electron chi connectivity index (χ3n) is 12.5. The van der Waals surface area contributed by atoms with E-state index in [0.717, 1.165) is 67.8 Å². The fourth-order valence-electron chi connectivity index (χ4n) is 8.92. The van der Waals surface area contributed by atoms with Crippen LogP contribution in [0.3, 0.4) is 0 Å². The van der Waals surface area contributed by atoms with Gasteiger partial charge in [-0.25, -0.2) is 4.79 Å². The minimum atomic E-state index is -0.153. The highest BCUT2D eigenvalue weighted by atomic mass is 16.1. The van der Waals surface area contributed by atoms with Crippen molar-refractivity contribution in [3.05, 3.63) is 290 Å². The van der Waals surface area contributed by atoms with Crippen molar-refractivity contribution >= 4 is 34.1 Å². The van der Waals surface area contributed by atoms with Crippen molar-refractivity contribution in [3.8, 4) is 55.9 Å². The summed E-state index contributed by atoms with van der Waals surface area (Å²) in [5, 5.41) is 0. The van der Waals surface area contributed by atoms with E-state index in [2.05, 4.69) is 228 Å². The SMILES string of the molecule is O=c1n(-c2ccc(N(c3ccc(-c4ccccc4)cc3)c3ccc(-c4ccccc4)cc3)cc2)ccn1-c1ccc(N(c2ccc(-c3ccccc3)cc2)c2ccc(-c3ccccc3)cc2)cc1. The molecule has 5 heteroatoms. The van der Waals surface area contributed by atoms with Crippen LogP contribution < -0.4 is 15.5 Å². The normalized spacial score (nSPS) is 11.0. The lowest BCUT2D eigenvalue weighted by atomic mass is 10.0. The molecule has 68 heavy (non-hydrogen) atoms. The second-order valence-corrected chi connectivity index (χ2v) is 16.7. The first-order valence-electron chi connectivity index (χ1n) is 22.9. The van der Waals surface area contributed by atoms with Gasteiger partial charge in [-0.1, -0.05) is 170 Å². The van der Waals surface area contributed by atoms with E-state index >= 15 is 0 Å². The third-order valence-corrected chi connectivity index (χ3v) is 12.5. The van der Waals surface area contributed by atoms with Crippen molar-refractivity contribution in [1.29, 1.82) is 0 Å². The Morgan fingerprint density at radius 2 is 0.412 bits per heavy atom. The van der Waals surface area contributed by atoms with Gasteiger partial charge in [-0.15, -0.1) is 0 Å². The number of anilines is 6. The summed E-state index contributed by atoms with van der Waals surface area (Å²) < 4.78 is 3.39. The lowest BCUT2D eigenvalue weighted by molar-refractivity contribution is 0.909. The van der Waals surface area contributed by atoms with E-state index in [4.69, 9.17) is 0 Å². The van der Waals surface area contributed by atoms with E-state index in [1.54, 1.807) is 9.13 Å². The summed E-state index contributed by atoms with van der Waals surface area (Å²) in [6, 6.07) is 92.8. The van der Waals surface area contributed by atoms with Gasteiger partial charge in [0, 0.05) is 46.5 Å². The van der Waals surface area contributed by atoms with Gasteiger partial charge < -0.3 is 9.80 Å². The first-order valence-corrected chi connectivity index (χ1v) is 22.9. The van der Waals surface area contributed by atoms with Crippen LogP contribution in [0.5, 0.6) is 0 Å². The molecule has 0 amide bonds. The average Bonchev–Trinajstić information content (AvgIpc) is 3.81. The molecule has 0 aliphatic carbocycles. The molecule has 1 heterocycles. The van der Waals surface area contributed by atoms with E-state index in [9.17, 15) is 4.79 Å². The smallest absolute Gasteiger partial charge is 0.311 e. The van der Waals surface area contributed by atoms with Crippen molar-refractivity contribution in [2.24, 2.45) is 0 Å². The Kier molecular flexibility index (Phi) is 11.4. The molecule has 0 bridgehead atoms. The summed E-state index contributed by atoms with van der Waals surface area (Å²) in [7, 11) is 0. The van der Waals surface area contributed by atoms with Crippen molar-refractivity contribution in [2.75, 3.05) is 9.80 Å². The Morgan fingerprint density at radius 3 is 0.632 bits per heavy atom. The Morgan fingerprint density at radius 1 is 0.221 bits per heavy atom. The Labute approximate surface area is 397 Å². The van der Waals surface area contributed by atoms with Gasteiger partial charge in [0.1, 0.15) is 0 Å². The molecule has 324 valence electrons. The van der Waals surface area contributed by atoms with Gasteiger partial charge in [0.15, 0.2) is 0 Å². The topological polar surface area (TPSA) is 33.4 Å². The molecule has 0 unspecified atom stereocenters. The molecule has 0 atom stereocenters. The van der Waals surface area contributed by atoms with E-state index in [-0.39, 0.29) is 5.69 Å². The molecule has 0 saturated heterocycles. The van der Waals surface area contributed by atoms with Gasteiger partial charge in [0.2, 0.25) is 0 Å². The van der Waals surface area contributed by atoms with Crippen LogP contribution in [-0.4, -0.2) is 9.13 Å². The van der Waals surface area contributed by atoms with Crippen molar-refractivity contribution < 1.29 is 0 Å². The Hall–Kier alpha value is -9.19. The zero-order chi connectivity index (χ0) is 45.7. The number of rotatable bonds is 12. The molecule has 5 nitrogen and oxygen atoms in total. The van der Waals surface area contributed by atoms with Gasteiger partial charge in [-0.2, -0.15) is 0 Å². The predicted octanol–water partition coefficient (Wildman–Crippen LogP) is 16.2. The van der Waals surface area contributed by atoms with E-state index in [1.807, 2.05) is 60.9 Å². The summed E-state index contributed by atoms with van der Waals surface area (Å²) >= 11 is 0. The second kappa shape index (κ2) is 18.7. The van der Waals surface area contributed by atoms with Crippen molar-refractivity contribution in [2.45, 2.75) is 0 Å². The van der Waals surface area contributed by atoms with Crippen molar-refractivity contribution in [3.63, 3.8) is 0 Å². The molecule has 0 aliphatic heterocycles. The summed E-state index contributed by atoms with van der Waals surface area (Å²) in [4.78, 5) is 18.7. The van der Waals surface area contributed by atoms with Gasteiger partial charge in [-0.05, 0) is 142 Å². The molecular formula is C63H46N4O.